The van der Waals surface area contributed by atoms with Crippen molar-refractivity contribution in [1.29, 1.82) is 0 Å². The molecule has 0 aliphatic carbocycles. The largest absolute Gasteiger partial charge is 0.497 e. The number of halogens is 3. The molecule has 0 aliphatic heterocycles. The van der Waals surface area contributed by atoms with Crippen LogP contribution in [0.4, 0.5) is 10.1 Å². The molecule has 0 spiro atoms. The summed E-state index contributed by atoms with van der Waals surface area (Å²) in [5.41, 5.74) is 1.57. The predicted octanol–water partition coefficient (Wildman–Crippen LogP) is 4.86. The molecule has 2 aromatic rings. The summed E-state index contributed by atoms with van der Waals surface area (Å²) >= 11 is 9.35. The summed E-state index contributed by atoms with van der Waals surface area (Å²) < 4.78 is 19.4. The number of hydrogen-bond donors (Lipinski definition) is 1. The first kappa shape index (κ1) is 14.2. The molecule has 0 saturated carbocycles. The fourth-order valence-electron chi connectivity index (χ4n) is 1.64. The van der Waals surface area contributed by atoms with Crippen LogP contribution in [0.2, 0.25) is 5.02 Å². The van der Waals surface area contributed by atoms with Crippen molar-refractivity contribution in [1.82, 2.24) is 0 Å². The van der Waals surface area contributed by atoms with Crippen LogP contribution in [0.5, 0.6) is 5.75 Å². The summed E-state index contributed by atoms with van der Waals surface area (Å²) in [4.78, 5) is 0. The van der Waals surface area contributed by atoms with E-state index in [4.69, 9.17) is 16.3 Å². The molecule has 2 aromatic carbocycles. The first-order chi connectivity index (χ1) is 9.11. The van der Waals surface area contributed by atoms with Gasteiger partial charge in [-0.2, -0.15) is 0 Å². The zero-order valence-corrected chi connectivity index (χ0v) is 12.6. The van der Waals surface area contributed by atoms with Gasteiger partial charge in [0.25, 0.3) is 0 Å². The molecule has 2 rings (SSSR count). The standard InChI is InChI=1S/C14H12BrClFNO/c1-19-10-5-6-11(15)13(7-10)18-8-9-3-2-4-12(17)14(9)16/h2-7,18H,8H2,1H3. The van der Waals surface area contributed by atoms with Gasteiger partial charge < -0.3 is 10.1 Å². The lowest BCUT2D eigenvalue weighted by Gasteiger charge is -2.11. The van der Waals surface area contributed by atoms with E-state index in [0.717, 1.165) is 15.9 Å². The Morgan fingerprint density at radius 2 is 2.11 bits per heavy atom. The zero-order chi connectivity index (χ0) is 13.8. The van der Waals surface area contributed by atoms with Crippen molar-refractivity contribution in [2.45, 2.75) is 6.54 Å². The molecule has 19 heavy (non-hydrogen) atoms. The molecule has 0 amide bonds. The fraction of sp³-hybridized carbons (Fsp3) is 0.143. The summed E-state index contributed by atoms with van der Waals surface area (Å²) in [6.45, 7) is 0.433. The van der Waals surface area contributed by atoms with E-state index in [9.17, 15) is 4.39 Å². The van der Waals surface area contributed by atoms with Crippen LogP contribution in [-0.4, -0.2) is 7.11 Å². The molecule has 0 unspecified atom stereocenters. The van der Waals surface area contributed by atoms with E-state index >= 15 is 0 Å². The van der Waals surface area contributed by atoms with Gasteiger partial charge in [0.1, 0.15) is 11.6 Å². The van der Waals surface area contributed by atoms with Gasteiger partial charge >= 0.3 is 0 Å². The van der Waals surface area contributed by atoms with Gasteiger partial charge in [0.2, 0.25) is 0 Å². The van der Waals surface area contributed by atoms with Gasteiger partial charge in [-0.15, -0.1) is 0 Å². The summed E-state index contributed by atoms with van der Waals surface area (Å²) in [6.07, 6.45) is 0. The van der Waals surface area contributed by atoms with Crippen molar-refractivity contribution >= 4 is 33.2 Å². The van der Waals surface area contributed by atoms with E-state index < -0.39 is 5.82 Å². The maximum atomic E-state index is 13.3. The Balaban J connectivity index is 2.16. The van der Waals surface area contributed by atoms with Crippen molar-refractivity contribution < 1.29 is 9.13 Å². The minimum Gasteiger partial charge on any atom is -0.497 e. The Hall–Kier alpha value is -1.26. The van der Waals surface area contributed by atoms with Gasteiger partial charge in [-0.3, -0.25) is 0 Å². The molecule has 0 heterocycles. The Morgan fingerprint density at radius 3 is 2.84 bits per heavy atom. The molecule has 0 fully saturated rings. The average Bonchev–Trinajstić information content (AvgIpc) is 2.42. The number of methoxy groups -OCH3 is 1. The van der Waals surface area contributed by atoms with Gasteiger partial charge in [-0.25, -0.2) is 4.39 Å². The molecule has 0 atom stereocenters. The lowest BCUT2D eigenvalue weighted by atomic mass is 10.2. The highest BCUT2D eigenvalue weighted by molar-refractivity contribution is 9.10. The van der Waals surface area contributed by atoms with Gasteiger partial charge in [0.05, 0.1) is 17.8 Å². The highest BCUT2D eigenvalue weighted by Crippen LogP contribution is 2.28. The molecule has 0 bridgehead atoms. The van der Waals surface area contributed by atoms with Gasteiger partial charge in [0.15, 0.2) is 0 Å². The lowest BCUT2D eigenvalue weighted by Crippen LogP contribution is -2.02. The lowest BCUT2D eigenvalue weighted by molar-refractivity contribution is 0.415. The van der Waals surface area contributed by atoms with Crippen molar-refractivity contribution in [2.75, 3.05) is 12.4 Å². The fourth-order valence-corrected chi connectivity index (χ4v) is 2.22. The summed E-state index contributed by atoms with van der Waals surface area (Å²) in [5.74, 6) is 0.335. The van der Waals surface area contributed by atoms with Crippen LogP contribution in [0.1, 0.15) is 5.56 Å². The van der Waals surface area contributed by atoms with Crippen LogP contribution in [0.25, 0.3) is 0 Å². The van der Waals surface area contributed by atoms with E-state index in [2.05, 4.69) is 21.2 Å². The second-order valence-corrected chi connectivity index (χ2v) is 5.14. The topological polar surface area (TPSA) is 21.3 Å². The number of benzene rings is 2. The molecule has 5 heteroatoms. The van der Waals surface area contributed by atoms with Gasteiger partial charge in [-0.1, -0.05) is 23.7 Å². The van der Waals surface area contributed by atoms with Crippen LogP contribution in [0, 0.1) is 5.82 Å². The third kappa shape index (κ3) is 3.39. The summed E-state index contributed by atoms with van der Waals surface area (Å²) in [5, 5.41) is 3.34. The highest BCUT2D eigenvalue weighted by Gasteiger charge is 2.07. The minimum absolute atomic E-state index is 0.147. The third-order valence-corrected chi connectivity index (χ3v) is 3.79. The number of rotatable bonds is 4. The van der Waals surface area contributed by atoms with Gasteiger partial charge in [-0.05, 0) is 39.7 Å². The molecule has 1 N–H and O–H groups in total. The van der Waals surface area contributed by atoms with E-state index in [1.807, 2.05) is 18.2 Å². The quantitative estimate of drug-likeness (QED) is 0.855. The van der Waals surface area contributed by atoms with Crippen molar-refractivity contribution in [3.05, 3.63) is 57.3 Å². The minimum atomic E-state index is -0.411. The maximum Gasteiger partial charge on any atom is 0.142 e. The average molecular weight is 345 g/mol. The van der Waals surface area contributed by atoms with Crippen LogP contribution in [-0.2, 0) is 6.54 Å². The smallest absolute Gasteiger partial charge is 0.142 e. The molecule has 100 valence electrons. The monoisotopic (exact) mass is 343 g/mol. The second kappa shape index (κ2) is 6.26. The molecular formula is C14H12BrClFNO. The Kier molecular flexibility index (Phi) is 4.66. The van der Waals surface area contributed by atoms with Crippen LogP contribution >= 0.6 is 27.5 Å². The third-order valence-electron chi connectivity index (χ3n) is 2.67. The number of ether oxygens (including phenoxy) is 1. The molecule has 0 aromatic heterocycles. The molecule has 0 radical (unpaired) electrons. The van der Waals surface area contributed by atoms with Crippen LogP contribution < -0.4 is 10.1 Å². The van der Waals surface area contributed by atoms with Crippen molar-refractivity contribution in [2.24, 2.45) is 0 Å². The zero-order valence-electron chi connectivity index (χ0n) is 10.2. The SMILES string of the molecule is COc1ccc(Br)c(NCc2cccc(F)c2Cl)c1. The Labute approximate surface area is 124 Å². The highest BCUT2D eigenvalue weighted by atomic mass is 79.9. The van der Waals surface area contributed by atoms with Gasteiger partial charge in [0, 0.05) is 17.1 Å². The summed E-state index contributed by atoms with van der Waals surface area (Å²) in [7, 11) is 1.61. The van der Waals surface area contributed by atoms with Crippen molar-refractivity contribution in [3.63, 3.8) is 0 Å². The normalized spacial score (nSPS) is 10.3. The maximum absolute atomic E-state index is 13.3. The van der Waals surface area contributed by atoms with Crippen LogP contribution in [0.3, 0.4) is 0 Å². The molecule has 0 aliphatic rings. The van der Waals surface area contributed by atoms with E-state index in [1.165, 1.54) is 6.07 Å². The predicted molar refractivity (Wildman–Crippen MR) is 79.4 cm³/mol. The second-order valence-electron chi connectivity index (χ2n) is 3.91. The number of hydrogen-bond acceptors (Lipinski definition) is 2. The Morgan fingerprint density at radius 1 is 1.32 bits per heavy atom. The first-order valence-corrected chi connectivity index (χ1v) is 6.79. The molecular weight excluding hydrogens is 333 g/mol. The van der Waals surface area contributed by atoms with E-state index in [0.29, 0.717) is 12.1 Å². The first-order valence-electron chi connectivity index (χ1n) is 5.62. The number of anilines is 1. The molecule has 0 saturated heterocycles. The molecule has 2 nitrogen and oxygen atoms in total. The van der Waals surface area contributed by atoms with E-state index in [-0.39, 0.29) is 5.02 Å². The Bertz CT molecular complexity index is 592. The van der Waals surface area contributed by atoms with Crippen molar-refractivity contribution in [3.8, 4) is 5.75 Å². The summed E-state index contributed by atoms with van der Waals surface area (Å²) in [6, 6.07) is 10.4. The van der Waals surface area contributed by atoms with Crippen LogP contribution in [0.15, 0.2) is 40.9 Å². The number of nitrogens with one attached hydrogen (secondary N) is 1. The van der Waals surface area contributed by atoms with E-state index in [1.54, 1.807) is 19.2 Å².